The van der Waals surface area contributed by atoms with Crippen LogP contribution in [0.1, 0.15) is 38.1 Å². The number of rotatable bonds is 4. The molecule has 30 heavy (non-hydrogen) atoms. The van der Waals surface area contributed by atoms with E-state index in [2.05, 4.69) is 5.32 Å². The topological polar surface area (TPSA) is 84.5 Å². The third-order valence-electron chi connectivity index (χ3n) is 5.20. The van der Waals surface area contributed by atoms with Gasteiger partial charge in [-0.1, -0.05) is 23.2 Å². The summed E-state index contributed by atoms with van der Waals surface area (Å²) in [6.07, 6.45) is -2.30. The Morgan fingerprint density at radius 2 is 1.63 bits per heavy atom. The molecule has 0 unspecified atom stereocenters. The van der Waals surface area contributed by atoms with Crippen LogP contribution in [0.15, 0.2) is 12.1 Å². The number of ether oxygens (including phenoxy) is 6. The molecule has 3 aliphatic rings. The molecule has 0 radical (unpaired) electrons. The van der Waals surface area contributed by atoms with E-state index in [1.807, 2.05) is 27.7 Å². The molecular formula is C20H25Cl2NO7. The van der Waals surface area contributed by atoms with Gasteiger partial charge in [0.1, 0.15) is 30.0 Å². The summed E-state index contributed by atoms with van der Waals surface area (Å²) in [4.78, 5) is 12.9. The zero-order valence-corrected chi connectivity index (χ0v) is 18.9. The summed E-state index contributed by atoms with van der Waals surface area (Å²) in [5.41, 5.74) is 0.159. The second-order valence-electron chi connectivity index (χ2n) is 8.36. The van der Waals surface area contributed by atoms with Crippen molar-refractivity contribution in [2.45, 2.75) is 70.0 Å². The minimum Gasteiger partial charge on any atom is -0.494 e. The van der Waals surface area contributed by atoms with Crippen LogP contribution in [0.25, 0.3) is 0 Å². The van der Waals surface area contributed by atoms with Crippen LogP contribution < -0.4 is 10.1 Å². The lowest BCUT2D eigenvalue weighted by molar-refractivity contribution is -0.342. The predicted octanol–water partition coefficient (Wildman–Crippen LogP) is 3.13. The average molecular weight is 462 g/mol. The minimum atomic E-state index is -0.893. The summed E-state index contributed by atoms with van der Waals surface area (Å²) in [6.45, 7) is 7.43. The van der Waals surface area contributed by atoms with E-state index in [9.17, 15) is 4.79 Å². The molecule has 1 aromatic carbocycles. The maximum atomic E-state index is 12.9. The number of halogens is 2. The van der Waals surface area contributed by atoms with E-state index in [4.69, 9.17) is 51.6 Å². The lowest BCUT2D eigenvalue weighted by Crippen LogP contribution is -2.58. The number of carbonyl (C=O) groups is 1. The Morgan fingerprint density at radius 1 is 1.00 bits per heavy atom. The van der Waals surface area contributed by atoms with Gasteiger partial charge in [0.05, 0.1) is 17.2 Å². The first-order chi connectivity index (χ1) is 14.0. The van der Waals surface area contributed by atoms with E-state index in [-0.39, 0.29) is 29.0 Å². The summed E-state index contributed by atoms with van der Waals surface area (Å²) in [5, 5.41) is 3.36. The van der Waals surface area contributed by atoms with Crippen molar-refractivity contribution < 1.29 is 33.2 Å². The largest absolute Gasteiger partial charge is 0.494 e. The highest BCUT2D eigenvalue weighted by molar-refractivity contribution is 6.37. The van der Waals surface area contributed by atoms with Gasteiger partial charge in [0.25, 0.3) is 5.91 Å². The number of fused-ring (bicyclic) bond motifs is 3. The Balaban J connectivity index is 1.50. The Kier molecular flexibility index (Phi) is 5.72. The molecule has 1 N–H and O–H groups in total. The molecular weight excluding hydrogens is 437 g/mol. The van der Waals surface area contributed by atoms with E-state index < -0.39 is 42.1 Å². The summed E-state index contributed by atoms with van der Waals surface area (Å²) in [6, 6.07) is 3.12. The van der Waals surface area contributed by atoms with Crippen molar-refractivity contribution >= 4 is 29.1 Å². The Labute approximate surface area is 185 Å². The van der Waals surface area contributed by atoms with Gasteiger partial charge < -0.3 is 33.7 Å². The lowest BCUT2D eigenvalue weighted by Gasteiger charge is -2.43. The van der Waals surface area contributed by atoms with Crippen LogP contribution in [0, 0.1) is 0 Å². The van der Waals surface area contributed by atoms with Crippen LogP contribution in [0.5, 0.6) is 5.75 Å². The zero-order valence-electron chi connectivity index (χ0n) is 17.4. The molecule has 5 atom stereocenters. The molecule has 0 spiro atoms. The molecule has 0 aliphatic carbocycles. The molecule has 8 nitrogen and oxygen atoms in total. The van der Waals surface area contributed by atoms with Gasteiger partial charge in [0, 0.05) is 6.54 Å². The Morgan fingerprint density at radius 3 is 2.33 bits per heavy atom. The van der Waals surface area contributed by atoms with Crippen molar-refractivity contribution in [2.24, 2.45) is 0 Å². The number of benzene rings is 1. The van der Waals surface area contributed by atoms with Gasteiger partial charge in [-0.2, -0.15) is 0 Å². The lowest BCUT2D eigenvalue weighted by atomic mass is 10.0. The highest BCUT2D eigenvalue weighted by Crippen LogP contribution is 2.44. The van der Waals surface area contributed by atoms with Gasteiger partial charge in [-0.3, -0.25) is 4.79 Å². The number of amides is 1. The smallest absolute Gasteiger partial charge is 0.256 e. The van der Waals surface area contributed by atoms with Crippen molar-refractivity contribution in [1.82, 2.24) is 5.32 Å². The van der Waals surface area contributed by atoms with Crippen LogP contribution in [0.4, 0.5) is 0 Å². The molecule has 3 saturated heterocycles. The van der Waals surface area contributed by atoms with Crippen LogP contribution in [-0.2, 0) is 23.7 Å². The highest BCUT2D eigenvalue weighted by Gasteiger charge is 2.61. The molecule has 4 rings (SSSR count). The van der Waals surface area contributed by atoms with Crippen LogP contribution >= 0.6 is 23.2 Å². The number of hydrogen-bond donors (Lipinski definition) is 1. The maximum absolute atomic E-state index is 12.9. The summed E-state index contributed by atoms with van der Waals surface area (Å²) in [5.74, 6) is -1.87. The first-order valence-electron chi connectivity index (χ1n) is 9.68. The molecule has 1 aromatic rings. The first-order valence-corrected chi connectivity index (χ1v) is 10.4. The molecule has 0 saturated carbocycles. The normalized spacial score (nSPS) is 33.6. The number of carbonyl (C=O) groups excluding carboxylic acids is 1. The van der Waals surface area contributed by atoms with E-state index in [0.717, 1.165) is 0 Å². The van der Waals surface area contributed by atoms with E-state index in [1.165, 1.54) is 7.11 Å². The number of nitrogens with one attached hydrogen (secondary N) is 1. The molecule has 3 fully saturated rings. The monoisotopic (exact) mass is 461 g/mol. The fourth-order valence-electron chi connectivity index (χ4n) is 4.11. The molecule has 3 aliphatic heterocycles. The zero-order chi connectivity index (χ0) is 21.8. The van der Waals surface area contributed by atoms with Gasteiger partial charge in [0.2, 0.25) is 0 Å². The molecule has 0 bridgehead atoms. The Hall–Kier alpha value is -1.13. The van der Waals surface area contributed by atoms with Crippen molar-refractivity contribution in [3.05, 3.63) is 27.7 Å². The molecule has 3 heterocycles. The SMILES string of the molecule is COc1c(Cl)ccc(Cl)c1C(=O)NC[C@H]1OC(C)(C)O[C@@H]2[C@H]3OC(C)(C)O[C@H]3O[C@@H]21. The third kappa shape index (κ3) is 4.02. The van der Waals surface area contributed by atoms with Crippen LogP contribution in [0.3, 0.4) is 0 Å². The maximum Gasteiger partial charge on any atom is 0.256 e. The van der Waals surface area contributed by atoms with Crippen molar-refractivity contribution in [2.75, 3.05) is 13.7 Å². The second-order valence-corrected chi connectivity index (χ2v) is 9.17. The fraction of sp³-hybridized carbons (Fsp3) is 0.650. The second kappa shape index (κ2) is 7.78. The van der Waals surface area contributed by atoms with Crippen LogP contribution in [0.2, 0.25) is 10.0 Å². The standard InChI is InChI=1S/C20H25Cl2NO7/c1-19(2)27-11(14-15(28-19)16-18(26-14)30-20(3,4)29-16)8-23-17(24)12-9(21)6-7-10(22)13(12)25-5/h6-7,11,14-16,18H,8H2,1-5H3,(H,23,24)/t11-,14-,15+,16-,18-/m1/s1. The predicted molar refractivity (Wildman–Crippen MR) is 108 cm³/mol. The first kappa shape index (κ1) is 22.1. The van der Waals surface area contributed by atoms with Gasteiger partial charge in [0.15, 0.2) is 23.6 Å². The molecule has 1 amide bonds. The molecule has 0 aromatic heterocycles. The van der Waals surface area contributed by atoms with Gasteiger partial charge >= 0.3 is 0 Å². The molecule has 166 valence electrons. The van der Waals surface area contributed by atoms with Gasteiger partial charge in [-0.15, -0.1) is 0 Å². The van der Waals surface area contributed by atoms with E-state index >= 15 is 0 Å². The third-order valence-corrected chi connectivity index (χ3v) is 5.81. The van der Waals surface area contributed by atoms with Crippen molar-refractivity contribution in [1.29, 1.82) is 0 Å². The van der Waals surface area contributed by atoms with E-state index in [0.29, 0.717) is 5.02 Å². The minimum absolute atomic E-state index is 0.154. The van der Waals surface area contributed by atoms with Gasteiger partial charge in [-0.25, -0.2) is 0 Å². The Bertz CT molecular complexity index is 847. The van der Waals surface area contributed by atoms with Crippen molar-refractivity contribution in [3.63, 3.8) is 0 Å². The van der Waals surface area contributed by atoms with Crippen molar-refractivity contribution in [3.8, 4) is 5.75 Å². The summed E-state index contributed by atoms with van der Waals surface area (Å²) >= 11 is 12.3. The number of methoxy groups -OCH3 is 1. The van der Waals surface area contributed by atoms with Crippen LogP contribution in [-0.4, -0.2) is 61.8 Å². The quantitative estimate of drug-likeness (QED) is 0.736. The fourth-order valence-corrected chi connectivity index (χ4v) is 4.58. The molecule has 10 heteroatoms. The van der Waals surface area contributed by atoms with E-state index in [1.54, 1.807) is 12.1 Å². The average Bonchev–Trinajstić information content (AvgIpc) is 3.12. The summed E-state index contributed by atoms with van der Waals surface area (Å²) < 4.78 is 35.2. The van der Waals surface area contributed by atoms with Gasteiger partial charge in [-0.05, 0) is 39.8 Å². The highest BCUT2D eigenvalue weighted by atomic mass is 35.5. The number of hydrogen-bond acceptors (Lipinski definition) is 7. The summed E-state index contributed by atoms with van der Waals surface area (Å²) in [7, 11) is 1.43.